The van der Waals surface area contributed by atoms with Crippen LogP contribution in [0.25, 0.3) is 0 Å². The highest BCUT2D eigenvalue weighted by Crippen LogP contribution is 2.07. The number of nitrogens with zero attached hydrogens (tertiary/aromatic N) is 1. The standard InChI is InChI=1S/C15H24N2O2/c1-13(16)15(18)17(10-6-7-11-19-2)12-14-8-4-3-5-9-14/h3-5,8-9,13H,6-7,10-12,16H2,1-2H3/t13-/m0/s1. The second kappa shape index (κ2) is 8.67. The van der Waals surface area contributed by atoms with Gasteiger partial charge < -0.3 is 15.4 Å². The summed E-state index contributed by atoms with van der Waals surface area (Å²) in [4.78, 5) is 13.9. The van der Waals surface area contributed by atoms with Gasteiger partial charge in [0.15, 0.2) is 0 Å². The summed E-state index contributed by atoms with van der Waals surface area (Å²) in [5, 5.41) is 0. The van der Waals surface area contributed by atoms with E-state index in [0.717, 1.165) is 31.6 Å². The lowest BCUT2D eigenvalue weighted by Gasteiger charge is -2.24. The highest BCUT2D eigenvalue weighted by atomic mass is 16.5. The molecular weight excluding hydrogens is 240 g/mol. The van der Waals surface area contributed by atoms with Crippen molar-refractivity contribution in [2.24, 2.45) is 5.73 Å². The summed E-state index contributed by atoms with van der Waals surface area (Å²) in [5.74, 6) is 0.00118. The number of rotatable bonds is 8. The first kappa shape index (κ1) is 15.7. The van der Waals surface area contributed by atoms with E-state index in [-0.39, 0.29) is 5.91 Å². The van der Waals surface area contributed by atoms with E-state index in [1.165, 1.54) is 0 Å². The summed E-state index contributed by atoms with van der Waals surface area (Å²) in [6, 6.07) is 9.53. The maximum atomic E-state index is 12.1. The summed E-state index contributed by atoms with van der Waals surface area (Å²) in [6.45, 7) is 3.80. The fraction of sp³-hybridized carbons (Fsp3) is 0.533. The number of amides is 1. The zero-order valence-corrected chi connectivity index (χ0v) is 11.8. The summed E-state index contributed by atoms with van der Waals surface area (Å²) in [6.07, 6.45) is 1.88. The van der Waals surface area contributed by atoms with E-state index in [0.29, 0.717) is 6.54 Å². The van der Waals surface area contributed by atoms with E-state index < -0.39 is 6.04 Å². The van der Waals surface area contributed by atoms with Gasteiger partial charge in [-0.25, -0.2) is 0 Å². The Morgan fingerprint density at radius 2 is 2.00 bits per heavy atom. The van der Waals surface area contributed by atoms with Gasteiger partial charge >= 0.3 is 0 Å². The van der Waals surface area contributed by atoms with Crippen LogP contribution in [0.4, 0.5) is 0 Å². The maximum absolute atomic E-state index is 12.1. The molecule has 1 aromatic carbocycles. The van der Waals surface area contributed by atoms with Crippen LogP contribution in [0.1, 0.15) is 25.3 Å². The molecule has 4 heteroatoms. The summed E-state index contributed by atoms with van der Waals surface area (Å²) in [7, 11) is 1.69. The zero-order valence-electron chi connectivity index (χ0n) is 11.8. The molecule has 106 valence electrons. The third-order valence-corrected chi connectivity index (χ3v) is 2.94. The topological polar surface area (TPSA) is 55.6 Å². The Bertz CT molecular complexity index is 366. The van der Waals surface area contributed by atoms with Crippen molar-refractivity contribution < 1.29 is 9.53 Å². The van der Waals surface area contributed by atoms with Gasteiger partial charge in [-0.3, -0.25) is 4.79 Å². The van der Waals surface area contributed by atoms with Crippen LogP contribution in [0.3, 0.4) is 0 Å². The Labute approximate surface area is 115 Å². The van der Waals surface area contributed by atoms with Crippen LogP contribution < -0.4 is 5.73 Å². The largest absolute Gasteiger partial charge is 0.385 e. The fourth-order valence-electron chi connectivity index (χ4n) is 1.91. The van der Waals surface area contributed by atoms with Gasteiger partial charge in [-0.05, 0) is 25.3 Å². The van der Waals surface area contributed by atoms with E-state index in [1.54, 1.807) is 14.0 Å². The molecule has 0 radical (unpaired) electrons. The summed E-state index contributed by atoms with van der Waals surface area (Å²) < 4.78 is 5.02. The zero-order chi connectivity index (χ0) is 14.1. The van der Waals surface area contributed by atoms with Crippen molar-refractivity contribution in [3.05, 3.63) is 35.9 Å². The van der Waals surface area contributed by atoms with Crippen LogP contribution in [-0.4, -0.2) is 37.1 Å². The number of carbonyl (C=O) groups excluding carboxylic acids is 1. The number of unbranched alkanes of at least 4 members (excludes halogenated alkanes) is 1. The van der Waals surface area contributed by atoms with Gasteiger partial charge in [-0.15, -0.1) is 0 Å². The van der Waals surface area contributed by atoms with Crippen LogP contribution in [0.2, 0.25) is 0 Å². The van der Waals surface area contributed by atoms with Gasteiger partial charge in [0.1, 0.15) is 0 Å². The van der Waals surface area contributed by atoms with Gasteiger partial charge in [-0.1, -0.05) is 30.3 Å². The van der Waals surface area contributed by atoms with Crippen molar-refractivity contribution in [3.63, 3.8) is 0 Å². The molecular formula is C15H24N2O2. The molecule has 0 aliphatic carbocycles. The van der Waals surface area contributed by atoms with Crippen LogP contribution >= 0.6 is 0 Å². The second-order valence-electron chi connectivity index (χ2n) is 4.73. The van der Waals surface area contributed by atoms with Crippen LogP contribution in [0.5, 0.6) is 0 Å². The Kier molecular flexibility index (Phi) is 7.15. The van der Waals surface area contributed by atoms with Crippen LogP contribution in [-0.2, 0) is 16.1 Å². The van der Waals surface area contributed by atoms with Gasteiger partial charge in [0.25, 0.3) is 0 Å². The Morgan fingerprint density at radius 1 is 1.32 bits per heavy atom. The molecule has 1 aromatic rings. The SMILES string of the molecule is COCCCCN(Cc1ccccc1)C(=O)[C@H](C)N. The second-order valence-corrected chi connectivity index (χ2v) is 4.73. The Hall–Kier alpha value is -1.39. The molecule has 0 fully saturated rings. The van der Waals surface area contributed by atoms with Gasteiger partial charge in [0, 0.05) is 26.8 Å². The summed E-state index contributed by atoms with van der Waals surface area (Å²) >= 11 is 0. The molecule has 0 saturated heterocycles. The molecule has 1 rings (SSSR count). The number of hydrogen-bond acceptors (Lipinski definition) is 3. The number of hydrogen-bond donors (Lipinski definition) is 1. The van der Waals surface area contributed by atoms with E-state index in [1.807, 2.05) is 35.2 Å². The van der Waals surface area contributed by atoms with Gasteiger partial charge in [0.05, 0.1) is 6.04 Å². The van der Waals surface area contributed by atoms with Gasteiger partial charge in [-0.2, -0.15) is 0 Å². The molecule has 0 aliphatic rings. The van der Waals surface area contributed by atoms with Crippen molar-refractivity contribution in [1.82, 2.24) is 4.90 Å². The molecule has 0 aliphatic heterocycles. The minimum atomic E-state index is -0.453. The molecule has 0 unspecified atom stereocenters. The van der Waals surface area contributed by atoms with Crippen LogP contribution in [0, 0.1) is 0 Å². The van der Waals surface area contributed by atoms with Crippen molar-refractivity contribution in [2.45, 2.75) is 32.4 Å². The van der Waals surface area contributed by atoms with E-state index in [9.17, 15) is 4.79 Å². The predicted molar refractivity (Wildman–Crippen MR) is 76.6 cm³/mol. The lowest BCUT2D eigenvalue weighted by molar-refractivity contribution is -0.132. The lowest BCUT2D eigenvalue weighted by atomic mass is 10.2. The van der Waals surface area contributed by atoms with E-state index in [2.05, 4.69) is 0 Å². The molecule has 0 heterocycles. The van der Waals surface area contributed by atoms with Crippen molar-refractivity contribution in [2.75, 3.05) is 20.3 Å². The molecule has 0 aromatic heterocycles. The fourth-order valence-corrected chi connectivity index (χ4v) is 1.91. The highest BCUT2D eigenvalue weighted by molar-refractivity contribution is 5.81. The molecule has 1 amide bonds. The number of methoxy groups -OCH3 is 1. The molecule has 19 heavy (non-hydrogen) atoms. The number of ether oxygens (including phenoxy) is 1. The summed E-state index contributed by atoms with van der Waals surface area (Å²) in [5.41, 5.74) is 6.83. The average molecular weight is 264 g/mol. The Balaban J connectivity index is 2.56. The first-order valence-corrected chi connectivity index (χ1v) is 6.72. The molecule has 2 N–H and O–H groups in total. The molecule has 0 bridgehead atoms. The monoisotopic (exact) mass is 264 g/mol. The third-order valence-electron chi connectivity index (χ3n) is 2.94. The van der Waals surface area contributed by atoms with E-state index >= 15 is 0 Å². The van der Waals surface area contributed by atoms with Crippen molar-refractivity contribution >= 4 is 5.91 Å². The predicted octanol–water partition coefficient (Wildman–Crippen LogP) is 1.79. The van der Waals surface area contributed by atoms with E-state index in [4.69, 9.17) is 10.5 Å². The van der Waals surface area contributed by atoms with Gasteiger partial charge in [0.2, 0.25) is 5.91 Å². The quantitative estimate of drug-likeness (QED) is 0.728. The van der Waals surface area contributed by atoms with Crippen molar-refractivity contribution in [1.29, 1.82) is 0 Å². The Morgan fingerprint density at radius 3 is 2.58 bits per heavy atom. The normalized spacial score (nSPS) is 12.2. The highest BCUT2D eigenvalue weighted by Gasteiger charge is 2.17. The first-order chi connectivity index (χ1) is 9.15. The molecule has 0 spiro atoms. The first-order valence-electron chi connectivity index (χ1n) is 6.72. The smallest absolute Gasteiger partial charge is 0.239 e. The minimum absolute atomic E-state index is 0.00118. The lowest BCUT2D eigenvalue weighted by Crippen LogP contribution is -2.42. The average Bonchev–Trinajstić information content (AvgIpc) is 2.42. The van der Waals surface area contributed by atoms with Crippen molar-refractivity contribution in [3.8, 4) is 0 Å². The molecule has 0 saturated carbocycles. The minimum Gasteiger partial charge on any atom is -0.385 e. The number of nitrogens with two attached hydrogens (primary N) is 1. The molecule has 1 atom stereocenters. The third kappa shape index (κ3) is 5.85. The number of carbonyl (C=O) groups is 1. The molecule has 4 nitrogen and oxygen atoms in total. The maximum Gasteiger partial charge on any atom is 0.239 e. The number of benzene rings is 1. The van der Waals surface area contributed by atoms with Crippen LogP contribution in [0.15, 0.2) is 30.3 Å².